The van der Waals surface area contributed by atoms with E-state index < -0.39 is 0 Å². The summed E-state index contributed by atoms with van der Waals surface area (Å²) in [7, 11) is 0. The molecule has 4 rings (SSSR count). The number of rotatable bonds is 6. The lowest BCUT2D eigenvalue weighted by molar-refractivity contribution is 0.0947. The SMILES string of the molecule is O=C(NCCOc1ccc2ccccc2c1)c1ccc(N2CCOCC2)cc1. The van der Waals surface area contributed by atoms with Crippen LogP contribution < -0.4 is 15.0 Å². The molecule has 0 aromatic heterocycles. The van der Waals surface area contributed by atoms with E-state index in [0.717, 1.165) is 43.1 Å². The highest BCUT2D eigenvalue weighted by Gasteiger charge is 2.12. The average molecular weight is 376 g/mol. The number of morpholine rings is 1. The molecule has 1 aliphatic heterocycles. The lowest BCUT2D eigenvalue weighted by atomic mass is 10.1. The van der Waals surface area contributed by atoms with Crippen molar-refractivity contribution < 1.29 is 14.3 Å². The van der Waals surface area contributed by atoms with Gasteiger partial charge in [-0.2, -0.15) is 0 Å². The quantitative estimate of drug-likeness (QED) is 0.669. The van der Waals surface area contributed by atoms with Crippen LogP contribution in [0.3, 0.4) is 0 Å². The van der Waals surface area contributed by atoms with Crippen LogP contribution in [0.4, 0.5) is 5.69 Å². The first-order chi connectivity index (χ1) is 13.8. The highest BCUT2D eigenvalue weighted by Crippen LogP contribution is 2.20. The normalized spacial score (nSPS) is 14.1. The Hall–Kier alpha value is -3.05. The number of carbonyl (C=O) groups is 1. The third kappa shape index (κ3) is 4.43. The maximum atomic E-state index is 12.3. The topological polar surface area (TPSA) is 50.8 Å². The third-order valence-electron chi connectivity index (χ3n) is 4.88. The molecule has 28 heavy (non-hydrogen) atoms. The minimum absolute atomic E-state index is 0.0874. The Bertz CT molecular complexity index is 934. The standard InChI is InChI=1S/C23H24N2O3/c26-23(19-5-8-21(9-6-19)25-12-15-27-16-13-25)24-11-14-28-22-10-7-18-3-1-2-4-20(18)17-22/h1-10,17H,11-16H2,(H,24,26). The summed E-state index contributed by atoms with van der Waals surface area (Å²) in [5.74, 6) is 0.721. The van der Waals surface area contributed by atoms with Gasteiger partial charge in [-0.1, -0.05) is 30.3 Å². The van der Waals surface area contributed by atoms with Crippen molar-refractivity contribution in [1.29, 1.82) is 0 Å². The van der Waals surface area contributed by atoms with Crippen molar-refractivity contribution in [3.05, 3.63) is 72.3 Å². The van der Waals surface area contributed by atoms with E-state index in [1.54, 1.807) is 0 Å². The fraction of sp³-hybridized carbons (Fsp3) is 0.261. The average Bonchev–Trinajstić information content (AvgIpc) is 2.77. The van der Waals surface area contributed by atoms with Gasteiger partial charge in [0.05, 0.1) is 19.8 Å². The summed E-state index contributed by atoms with van der Waals surface area (Å²) in [6, 6.07) is 21.9. The summed E-state index contributed by atoms with van der Waals surface area (Å²) < 4.78 is 11.1. The highest BCUT2D eigenvalue weighted by atomic mass is 16.5. The van der Waals surface area contributed by atoms with Crippen LogP contribution >= 0.6 is 0 Å². The van der Waals surface area contributed by atoms with Gasteiger partial charge in [0.25, 0.3) is 5.91 Å². The number of hydrogen-bond donors (Lipinski definition) is 1. The second-order valence-electron chi connectivity index (χ2n) is 6.76. The van der Waals surface area contributed by atoms with Gasteiger partial charge in [-0.05, 0) is 47.2 Å². The number of carbonyl (C=O) groups excluding carboxylic acids is 1. The van der Waals surface area contributed by atoms with Crippen molar-refractivity contribution in [2.24, 2.45) is 0 Å². The Morgan fingerprint density at radius 1 is 0.964 bits per heavy atom. The molecule has 0 atom stereocenters. The predicted octanol–water partition coefficient (Wildman–Crippen LogP) is 3.49. The lowest BCUT2D eigenvalue weighted by Crippen LogP contribution is -2.36. The van der Waals surface area contributed by atoms with Crippen LogP contribution in [0.25, 0.3) is 10.8 Å². The summed E-state index contributed by atoms with van der Waals surface area (Å²) in [5, 5.41) is 5.23. The van der Waals surface area contributed by atoms with Crippen LogP contribution in [0.1, 0.15) is 10.4 Å². The molecule has 0 radical (unpaired) electrons. The number of anilines is 1. The van der Waals surface area contributed by atoms with Crippen LogP contribution in [-0.4, -0.2) is 45.4 Å². The summed E-state index contributed by atoms with van der Waals surface area (Å²) in [6.45, 7) is 4.15. The van der Waals surface area contributed by atoms with Gasteiger partial charge in [0.2, 0.25) is 0 Å². The largest absolute Gasteiger partial charge is 0.492 e. The van der Waals surface area contributed by atoms with Gasteiger partial charge in [0.1, 0.15) is 12.4 Å². The lowest BCUT2D eigenvalue weighted by Gasteiger charge is -2.28. The molecule has 1 saturated heterocycles. The van der Waals surface area contributed by atoms with Gasteiger partial charge in [0.15, 0.2) is 0 Å². The van der Waals surface area contributed by atoms with Gasteiger partial charge >= 0.3 is 0 Å². The molecule has 1 N–H and O–H groups in total. The molecule has 1 amide bonds. The minimum Gasteiger partial charge on any atom is -0.492 e. The maximum Gasteiger partial charge on any atom is 0.251 e. The Morgan fingerprint density at radius 3 is 2.50 bits per heavy atom. The maximum absolute atomic E-state index is 12.3. The number of benzene rings is 3. The van der Waals surface area contributed by atoms with Gasteiger partial charge in [-0.3, -0.25) is 4.79 Å². The summed E-state index contributed by atoms with van der Waals surface area (Å²) in [5.41, 5.74) is 1.78. The summed E-state index contributed by atoms with van der Waals surface area (Å²) >= 11 is 0. The minimum atomic E-state index is -0.0874. The zero-order valence-corrected chi connectivity index (χ0v) is 15.8. The summed E-state index contributed by atoms with van der Waals surface area (Å²) in [6.07, 6.45) is 0. The molecule has 0 saturated carbocycles. The zero-order chi connectivity index (χ0) is 19.2. The molecule has 5 heteroatoms. The van der Waals surface area contributed by atoms with Gasteiger partial charge in [0, 0.05) is 24.3 Å². The smallest absolute Gasteiger partial charge is 0.251 e. The molecule has 1 aliphatic rings. The molecule has 0 bridgehead atoms. The molecule has 3 aromatic carbocycles. The van der Waals surface area contributed by atoms with Crippen molar-refractivity contribution in [2.45, 2.75) is 0 Å². The van der Waals surface area contributed by atoms with Crippen molar-refractivity contribution in [1.82, 2.24) is 5.32 Å². The van der Waals surface area contributed by atoms with Gasteiger partial charge in [-0.15, -0.1) is 0 Å². The van der Waals surface area contributed by atoms with Crippen LogP contribution in [0, 0.1) is 0 Å². The van der Waals surface area contributed by atoms with Gasteiger partial charge in [-0.25, -0.2) is 0 Å². The Kier molecular flexibility index (Phi) is 5.73. The van der Waals surface area contributed by atoms with Crippen LogP contribution in [0.15, 0.2) is 66.7 Å². The van der Waals surface area contributed by atoms with E-state index in [1.165, 1.54) is 5.39 Å². The highest BCUT2D eigenvalue weighted by molar-refractivity contribution is 5.94. The number of ether oxygens (including phenoxy) is 2. The van der Waals surface area contributed by atoms with E-state index in [-0.39, 0.29) is 5.91 Å². The van der Waals surface area contributed by atoms with Crippen molar-refractivity contribution in [3.8, 4) is 5.75 Å². The van der Waals surface area contributed by atoms with Crippen molar-refractivity contribution >= 4 is 22.4 Å². The number of fused-ring (bicyclic) bond motifs is 1. The van der Waals surface area contributed by atoms with Crippen molar-refractivity contribution in [2.75, 3.05) is 44.4 Å². The number of hydrogen-bond acceptors (Lipinski definition) is 4. The van der Waals surface area contributed by atoms with E-state index >= 15 is 0 Å². The predicted molar refractivity (Wildman–Crippen MR) is 111 cm³/mol. The third-order valence-corrected chi connectivity index (χ3v) is 4.88. The van der Waals surface area contributed by atoms with E-state index in [2.05, 4.69) is 22.3 Å². The molecule has 144 valence electrons. The fourth-order valence-corrected chi connectivity index (χ4v) is 3.34. The van der Waals surface area contributed by atoms with Crippen molar-refractivity contribution in [3.63, 3.8) is 0 Å². The van der Waals surface area contributed by atoms with Gasteiger partial charge < -0.3 is 19.7 Å². The fourth-order valence-electron chi connectivity index (χ4n) is 3.34. The second kappa shape index (κ2) is 8.76. The number of nitrogens with zero attached hydrogens (tertiary/aromatic N) is 1. The van der Waals surface area contributed by atoms with Crippen LogP contribution in [0.5, 0.6) is 5.75 Å². The molecule has 3 aromatic rings. The van der Waals surface area contributed by atoms with Crippen LogP contribution in [-0.2, 0) is 4.74 Å². The molecule has 0 unspecified atom stereocenters. The van der Waals surface area contributed by atoms with E-state index in [4.69, 9.17) is 9.47 Å². The molecule has 1 fully saturated rings. The first-order valence-electron chi connectivity index (χ1n) is 9.62. The Labute approximate surface area is 164 Å². The van der Waals surface area contributed by atoms with E-state index in [1.807, 2.05) is 54.6 Å². The molecular weight excluding hydrogens is 352 g/mol. The Morgan fingerprint density at radius 2 is 1.71 bits per heavy atom. The van der Waals surface area contributed by atoms with Crippen LogP contribution in [0.2, 0.25) is 0 Å². The summed E-state index contributed by atoms with van der Waals surface area (Å²) in [4.78, 5) is 14.6. The molecule has 1 heterocycles. The second-order valence-corrected chi connectivity index (χ2v) is 6.76. The number of amides is 1. The first-order valence-corrected chi connectivity index (χ1v) is 9.62. The molecule has 5 nitrogen and oxygen atoms in total. The van der Waals surface area contributed by atoms with E-state index in [0.29, 0.717) is 18.7 Å². The molecule has 0 aliphatic carbocycles. The van der Waals surface area contributed by atoms with E-state index in [9.17, 15) is 4.79 Å². The first kappa shape index (κ1) is 18.3. The number of nitrogens with one attached hydrogen (secondary N) is 1. The Balaban J connectivity index is 1.25. The molecular formula is C23H24N2O3. The monoisotopic (exact) mass is 376 g/mol. The molecule has 0 spiro atoms. The zero-order valence-electron chi connectivity index (χ0n) is 15.8.